The van der Waals surface area contributed by atoms with E-state index in [0.29, 0.717) is 0 Å². The van der Waals surface area contributed by atoms with Crippen molar-refractivity contribution in [3.8, 4) is 0 Å². The second kappa shape index (κ2) is 25.2. The molecule has 0 aliphatic heterocycles. The van der Waals surface area contributed by atoms with Crippen molar-refractivity contribution in [1.82, 2.24) is 0 Å². The molecule has 0 atom stereocenters. The Morgan fingerprint density at radius 2 is 1.06 bits per heavy atom. The molecule has 0 aromatic carbocycles. The van der Waals surface area contributed by atoms with Gasteiger partial charge in [0.15, 0.2) is 0 Å². The third kappa shape index (κ3) is 31.4. The Bertz CT molecular complexity index is 174. The molecular weight excluding hydrogens is 316 g/mol. The van der Waals surface area contributed by atoms with E-state index in [1.165, 1.54) is 0 Å². The van der Waals surface area contributed by atoms with Crippen molar-refractivity contribution in [1.29, 1.82) is 0 Å². The van der Waals surface area contributed by atoms with Crippen molar-refractivity contribution in [3.63, 3.8) is 0 Å². The Hall–Kier alpha value is 0.277. The summed E-state index contributed by atoms with van der Waals surface area (Å²) < 4.78 is 0. The summed E-state index contributed by atoms with van der Waals surface area (Å²) >= 11 is 0. The zero-order chi connectivity index (χ0) is 12.5. The quantitative estimate of drug-likeness (QED) is 0.467. The average molecular weight is 340 g/mol. The Balaban J connectivity index is -0.000000157. The normalized spacial score (nSPS) is 12.5. The second-order valence-electron chi connectivity index (χ2n) is 3.16. The van der Waals surface area contributed by atoms with E-state index in [0.717, 1.165) is 31.9 Å². The molecule has 2 aliphatic carbocycles. The van der Waals surface area contributed by atoms with Gasteiger partial charge in [-0.3, -0.25) is 12.2 Å². The molecule has 0 unspecified atom stereocenters. The Labute approximate surface area is 132 Å². The fourth-order valence-corrected chi connectivity index (χ4v) is 0.680. The molecule has 17 heavy (non-hydrogen) atoms. The van der Waals surface area contributed by atoms with Gasteiger partial charge < -0.3 is 0 Å². The molecule has 0 fully saturated rings. The molecule has 0 bridgehead atoms. The summed E-state index contributed by atoms with van der Waals surface area (Å²) in [7, 11) is 1.50. The van der Waals surface area contributed by atoms with Gasteiger partial charge in [-0.15, -0.1) is 12.8 Å². The summed E-state index contributed by atoms with van der Waals surface area (Å²) in [6.07, 6.45) is 20.0. The largest absolute Gasteiger partial charge is 2.00 e. The molecule has 0 N–H and O–H groups in total. The second-order valence-corrected chi connectivity index (χ2v) is 5.47. The molecule has 0 spiro atoms. The van der Waals surface area contributed by atoms with Crippen LogP contribution in [0.2, 0.25) is 26.2 Å². The molecule has 3 heteroatoms. The van der Waals surface area contributed by atoms with Crippen molar-refractivity contribution >= 4 is 19.0 Å². The van der Waals surface area contributed by atoms with Gasteiger partial charge in [0, 0.05) is 19.0 Å². The van der Waals surface area contributed by atoms with Crippen molar-refractivity contribution in [2.24, 2.45) is 0 Å². The molecule has 92 valence electrons. The third-order valence-electron chi connectivity index (χ3n) is 1.17. The molecule has 2 aliphatic rings. The number of rotatable bonds is 0. The summed E-state index contributed by atoms with van der Waals surface area (Å²) in [5.74, 6) is 0. The van der Waals surface area contributed by atoms with Crippen molar-refractivity contribution < 1.29 is 26.2 Å². The van der Waals surface area contributed by atoms with E-state index in [1.807, 2.05) is 24.3 Å². The minimum Gasteiger partial charge on any atom is -0.273 e. The van der Waals surface area contributed by atoms with E-state index in [2.05, 4.69) is 50.5 Å². The molecule has 0 saturated heterocycles. The Morgan fingerprint density at radius 1 is 0.765 bits per heavy atom. The minimum atomic E-state index is 0. The van der Waals surface area contributed by atoms with E-state index >= 15 is 0 Å². The molecule has 0 aromatic rings. The molecule has 0 amide bonds. The van der Waals surface area contributed by atoms with Gasteiger partial charge in [0.2, 0.25) is 0 Å². The van der Waals surface area contributed by atoms with Crippen molar-refractivity contribution in [2.45, 2.75) is 39.0 Å². The van der Waals surface area contributed by atoms with Crippen LogP contribution in [0.4, 0.5) is 0 Å². The van der Waals surface area contributed by atoms with Gasteiger partial charge in [-0.25, -0.2) is 24.3 Å². The summed E-state index contributed by atoms with van der Waals surface area (Å²) in [6.45, 7) is 8.83. The molecule has 0 aromatic heterocycles. The van der Waals surface area contributed by atoms with Crippen LogP contribution in [-0.2, 0) is 26.2 Å². The predicted octanol–water partition coefficient (Wildman–Crippen LogP) is 3.65. The standard InChI is InChI=1S/2C5H5.2C2H7Si.Zr/c2*1-2-4-5-3-1;2*1-3-2;/h2*1-3H,4H2;2*3H,1-2H3;/q2*-1;;;+2. The van der Waals surface area contributed by atoms with Gasteiger partial charge in [-0.2, -0.15) is 12.2 Å². The molecular formula is C14H24Si2Zr. The van der Waals surface area contributed by atoms with E-state index in [-0.39, 0.29) is 26.2 Å². The van der Waals surface area contributed by atoms with Crippen molar-refractivity contribution in [2.75, 3.05) is 0 Å². The van der Waals surface area contributed by atoms with Crippen LogP contribution in [-0.4, -0.2) is 19.0 Å². The number of allylic oxidation sites excluding steroid dienone is 8. The van der Waals surface area contributed by atoms with E-state index in [9.17, 15) is 0 Å². The van der Waals surface area contributed by atoms with Crippen LogP contribution in [0, 0.1) is 12.2 Å². The molecule has 0 nitrogen and oxygen atoms in total. The van der Waals surface area contributed by atoms with Gasteiger partial charge in [0.05, 0.1) is 0 Å². The van der Waals surface area contributed by atoms with Gasteiger partial charge in [0.1, 0.15) is 0 Å². The first-order valence-corrected chi connectivity index (χ1v) is 10.4. The number of hydrogen-bond acceptors (Lipinski definition) is 0. The minimum absolute atomic E-state index is 0. The van der Waals surface area contributed by atoms with Gasteiger partial charge in [-0.1, -0.05) is 26.2 Å². The van der Waals surface area contributed by atoms with Crippen LogP contribution in [0.1, 0.15) is 12.8 Å². The zero-order valence-electron chi connectivity index (χ0n) is 11.5. The fourth-order valence-electron chi connectivity index (χ4n) is 0.680. The first kappa shape index (κ1) is 22.5. The Kier molecular flexibility index (Phi) is 33.3. The topological polar surface area (TPSA) is 0 Å². The maximum atomic E-state index is 2.99. The zero-order valence-corrected chi connectivity index (χ0v) is 16.3. The molecule has 2 radical (unpaired) electrons. The summed E-state index contributed by atoms with van der Waals surface area (Å²) in [4.78, 5) is 0. The maximum Gasteiger partial charge on any atom is 2.00 e. The van der Waals surface area contributed by atoms with Gasteiger partial charge >= 0.3 is 26.2 Å². The monoisotopic (exact) mass is 338 g/mol. The first-order valence-electron chi connectivity index (χ1n) is 5.74. The van der Waals surface area contributed by atoms with E-state index in [1.54, 1.807) is 0 Å². The maximum absolute atomic E-state index is 2.99. The molecule has 2 rings (SSSR count). The number of hydrogen-bond donors (Lipinski definition) is 0. The van der Waals surface area contributed by atoms with Crippen LogP contribution in [0.5, 0.6) is 0 Å². The van der Waals surface area contributed by atoms with Gasteiger partial charge in [-0.05, 0) is 0 Å². The van der Waals surface area contributed by atoms with E-state index in [4.69, 9.17) is 0 Å². The van der Waals surface area contributed by atoms with Crippen LogP contribution in [0.25, 0.3) is 0 Å². The van der Waals surface area contributed by atoms with Crippen molar-refractivity contribution in [3.05, 3.63) is 48.6 Å². The van der Waals surface area contributed by atoms with Crippen LogP contribution in [0.15, 0.2) is 36.5 Å². The fraction of sp³-hybridized carbons (Fsp3) is 0.429. The predicted molar refractivity (Wildman–Crippen MR) is 80.9 cm³/mol. The summed E-state index contributed by atoms with van der Waals surface area (Å²) in [5.41, 5.74) is 0. The summed E-state index contributed by atoms with van der Waals surface area (Å²) in [6, 6.07) is 0. The SMILES string of the molecule is C[SiH]C.C[SiH]C.[C-]1=CC=CC1.[C-]1=CC=CC1.[Zr+2]. The smallest absolute Gasteiger partial charge is 0.273 e. The Morgan fingerprint density at radius 3 is 1.12 bits per heavy atom. The molecule has 0 heterocycles. The van der Waals surface area contributed by atoms with E-state index < -0.39 is 0 Å². The van der Waals surface area contributed by atoms with Crippen LogP contribution < -0.4 is 0 Å². The van der Waals surface area contributed by atoms with Gasteiger partial charge in [0.25, 0.3) is 0 Å². The average Bonchev–Trinajstić information content (AvgIpc) is 3.00. The summed E-state index contributed by atoms with van der Waals surface area (Å²) in [5, 5.41) is 0. The first-order chi connectivity index (χ1) is 7.83. The third-order valence-corrected chi connectivity index (χ3v) is 1.17. The molecule has 0 saturated carbocycles. The van der Waals surface area contributed by atoms with Crippen LogP contribution >= 0.6 is 0 Å². The van der Waals surface area contributed by atoms with Crippen LogP contribution in [0.3, 0.4) is 0 Å².